The second-order valence-electron chi connectivity index (χ2n) is 8.45. The zero-order valence-corrected chi connectivity index (χ0v) is 19.4. The third kappa shape index (κ3) is 5.14. The number of carbonyl (C=O) groups is 1. The first-order valence-corrected chi connectivity index (χ1v) is 11.4. The van der Waals surface area contributed by atoms with Gasteiger partial charge in [-0.1, -0.05) is 25.1 Å². The Bertz CT molecular complexity index is 1240. The maximum atomic E-state index is 12.7. The highest BCUT2D eigenvalue weighted by molar-refractivity contribution is 5.92. The number of para-hydroxylation sites is 1. The maximum absolute atomic E-state index is 12.7. The zero-order valence-electron chi connectivity index (χ0n) is 19.4. The number of ether oxygens (including phenoxy) is 1. The molecule has 33 heavy (non-hydrogen) atoms. The Hall–Kier alpha value is -3.45. The lowest BCUT2D eigenvalue weighted by atomic mass is 10.1. The lowest BCUT2D eigenvalue weighted by Crippen LogP contribution is -2.46. The van der Waals surface area contributed by atoms with Crippen LogP contribution in [0.25, 0.3) is 28.4 Å². The van der Waals surface area contributed by atoms with E-state index >= 15 is 0 Å². The van der Waals surface area contributed by atoms with E-state index in [0.717, 1.165) is 43.7 Å². The molecule has 1 amide bonds. The molecular weight excluding hydrogens is 416 g/mol. The van der Waals surface area contributed by atoms with Crippen molar-refractivity contribution in [3.8, 4) is 17.1 Å². The van der Waals surface area contributed by atoms with Gasteiger partial charge in [0.15, 0.2) is 0 Å². The van der Waals surface area contributed by atoms with Crippen LogP contribution in [-0.2, 0) is 4.79 Å². The number of piperazine rings is 1. The van der Waals surface area contributed by atoms with Crippen molar-refractivity contribution in [2.45, 2.75) is 20.3 Å². The van der Waals surface area contributed by atoms with Gasteiger partial charge in [0.2, 0.25) is 5.91 Å². The second kappa shape index (κ2) is 10.0. The molecule has 1 saturated heterocycles. The van der Waals surface area contributed by atoms with Crippen LogP contribution in [0.2, 0.25) is 0 Å². The summed E-state index contributed by atoms with van der Waals surface area (Å²) >= 11 is 0. The minimum absolute atomic E-state index is 0.00354. The quantitative estimate of drug-likeness (QED) is 0.587. The molecule has 3 aromatic rings. The van der Waals surface area contributed by atoms with Crippen molar-refractivity contribution in [3.05, 3.63) is 64.0 Å². The largest absolute Gasteiger partial charge is 0.493 e. The van der Waals surface area contributed by atoms with Gasteiger partial charge in [0.05, 0.1) is 23.1 Å². The van der Waals surface area contributed by atoms with Gasteiger partial charge in [-0.05, 0) is 55.8 Å². The number of H-pyrrole nitrogens is 1. The van der Waals surface area contributed by atoms with Crippen molar-refractivity contribution in [2.75, 3.05) is 39.8 Å². The van der Waals surface area contributed by atoms with Crippen molar-refractivity contribution in [3.63, 3.8) is 0 Å². The SMILES string of the molecule is CCCOc1ccc(C=CC(=O)N2CCN(C)CC2)cc1-c1nc2c(C)cccc2c(=O)[nH]1. The first-order valence-electron chi connectivity index (χ1n) is 11.4. The normalized spacial score (nSPS) is 14.8. The highest BCUT2D eigenvalue weighted by atomic mass is 16.5. The van der Waals surface area contributed by atoms with E-state index in [9.17, 15) is 9.59 Å². The van der Waals surface area contributed by atoms with Crippen LogP contribution in [0.15, 0.2) is 47.3 Å². The molecule has 0 spiro atoms. The first-order chi connectivity index (χ1) is 16.0. The predicted octanol–water partition coefficient (Wildman–Crippen LogP) is 3.47. The molecule has 2 heterocycles. The number of aromatic amines is 1. The van der Waals surface area contributed by atoms with Crippen LogP contribution in [0.3, 0.4) is 0 Å². The number of nitrogens with zero attached hydrogens (tertiary/aromatic N) is 3. The number of fused-ring (bicyclic) bond motifs is 1. The summed E-state index contributed by atoms with van der Waals surface area (Å²) < 4.78 is 5.94. The van der Waals surface area contributed by atoms with Gasteiger partial charge in [-0.2, -0.15) is 0 Å². The van der Waals surface area contributed by atoms with Gasteiger partial charge in [-0.25, -0.2) is 4.98 Å². The molecule has 0 atom stereocenters. The summed E-state index contributed by atoms with van der Waals surface area (Å²) in [5, 5.41) is 0.559. The van der Waals surface area contributed by atoms with Crippen LogP contribution in [0, 0.1) is 6.92 Å². The van der Waals surface area contributed by atoms with E-state index in [1.807, 2.05) is 49.1 Å². The van der Waals surface area contributed by atoms with E-state index in [-0.39, 0.29) is 11.5 Å². The van der Waals surface area contributed by atoms with E-state index in [4.69, 9.17) is 9.72 Å². The third-order valence-electron chi connectivity index (χ3n) is 5.89. The Kier molecular flexibility index (Phi) is 6.89. The van der Waals surface area contributed by atoms with Crippen molar-refractivity contribution >= 4 is 22.9 Å². The molecule has 0 radical (unpaired) electrons. The molecule has 7 nitrogen and oxygen atoms in total. The summed E-state index contributed by atoms with van der Waals surface area (Å²) in [5.41, 5.74) is 2.95. The maximum Gasteiger partial charge on any atom is 0.259 e. The number of likely N-dealkylation sites (N-methyl/N-ethyl adjacent to an activating group) is 1. The lowest BCUT2D eigenvalue weighted by molar-refractivity contribution is -0.127. The van der Waals surface area contributed by atoms with Crippen LogP contribution in [-0.4, -0.2) is 65.5 Å². The van der Waals surface area contributed by atoms with E-state index in [2.05, 4.69) is 16.9 Å². The summed E-state index contributed by atoms with van der Waals surface area (Å²) in [6.45, 7) is 7.77. The molecular formula is C26H30N4O3. The van der Waals surface area contributed by atoms with Crippen LogP contribution >= 0.6 is 0 Å². The zero-order chi connectivity index (χ0) is 23.4. The number of amides is 1. The number of aryl methyl sites for hydroxylation is 1. The summed E-state index contributed by atoms with van der Waals surface area (Å²) in [6, 6.07) is 11.2. The second-order valence-corrected chi connectivity index (χ2v) is 8.45. The molecule has 1 aliphatic heterocycles. The highest BCUT2D eigenvalue weighted by Crippen LogP contribution is 2.30. The molecule has 4 rings (SSSR count). The topological polar surface area (TPSA) is 78.5 Å². The summed E-state index contributed by atoms with van der Waals surface area (Å²) in [5.74, 6) is 1.10. The minimum Gasteiger partial charge on any atom is -0.493 e. The standard InChI is InChI=1S/C26H30N4O3/c1-4-16-33-22-10-8-19(9-11-23(31)30-14-12-29(3)13-15-30)17-21(22)25-27-24-18(2)6-5-7-20(24)26(32)28-25/h5-11,17H,4,12-16H2,1-3H3,(H,27,28,32). The van der Waals surface area contributed by atoms with E-state index in [1.165, 1.54) is 0 Å². The molecule has 1 N–H and O–H groups in total. The van der Waals surface area contributed by atoms with Gasteiger partial charge in [0.25, 0.3) is 5.56 Å². The van der Waals surface area contributed by atoms with Crippen LogP contribution in [0.5, 0.6) is 5.75 Å². The van der Waals surface area contributed by atoms with Gasteiger partial charge < -0.3 is 19.5 Å². The average molecular weight is 447 g/mol. The minimum atomic E-state index is -0.189. The van der Waals surface area contributed by atoms with Crippen LogP contribution in [0.1, 0.15) is 24.5 Å². The predicted molar refractivity (Wildman–Crippen MR) is 131 cm³/mol. The first kappa shape index (κ1) is 22.7. The highest BCUT2D eigenvalue weighted by Gasteiger charge is 2.17. The summed E-state index contributed by atoms with van der Waals surface area (Å²) in [4.78, 5) is 37.1. The number of carbonyl (C=O) groups excluding carboxylic acids is 1. The van der Waals surface area contributed by atoms with Gasteiger partial charge in [0.1, 0.15) is 11.6 Å². The van der Waals surface area contributed by atoms with E-state index in [0.29, 0.717) is 34.6 Å². The summed E-state index contributed by atoms with van der Waals surface area (Å²) in [6.07, 6.45) is 4.28. The fraction of sp³-hybridized carbons (Fsp3) is 0.346. The van der Waals surface area contributed by atoms with Crippen molar-refractivity contribution in [1.82, 2.24) is 19.8 Å². The Balaban J connectivity index is 1.69. The monoisotopic (exact) mass is 446 g/mol. The molecule has 172 valence electrons. The number of aromatic nitrogens is 2. The Morgan fingerprint density at radius 2 is 1.97 bits per heavy atom. The van der Waals surface area contributed by atoms with Gasteiger partial charge in [0, 0.05) is 32.3 Å². The Morgan fingerprint density at radius 1 is 1.18 bits per heavy atom. The molecule has 1 fully saturated rings. The summed E-state index contributed by atoms with van der Waals surface area (Å²) in [7, 11) is 2.06. The molecule has 1 aromatic heterocycles. The number of hydrogen-bond donors (Lipinski definition) is 1. The Labute approximate surface area is 193 Å². The molecule has 7 heteroatoms. The van der Waals surface area contributed by atoms with Crippen LogP contribution < -0.4 is 10.3 Å². The molecule has 0 aliphatic carbocycles. The number of benzene rings is 2. The molecule has 2 aromatic carbocycles. The van der Waals surface area contributed by atoms with Gasteiger partial charge in [-0.15, -0.1) is 0 Å². The van der Waals surface area contributed by atoms with Gasteiger partial charge in [-0.3, -0.25) is 9.59 Å². The third-order valence-corrected chi connectivity index (χ3v) is 5.89. The number of hydrogen-bond acceptors (Lipinski definition) is 5. The van der Waals surface area contributed by atoms with E-state index in [1.54, 1.807) is 18.2 Å². The Morgan fingerprint density at radius 3 is 2.73 bits per heavy atom. The molecule has 1 aliphatic rings. The van der Waals surface area contributed by atoms with E-state index < -0.39 is 0 Å². The fourth-order valence-corrected chi connectivity index (χ4v) is 3.91. The molecule has 0 saturated carbocycles. The van der Waals surface area contributed by atoms with Crippen molar-refractivity contribution in [1.29, 1.82) is 0 Å². The smallest absolute Gasteiger partial charge is 0.259 e. The van der Waals surface area contributed by atoms with Gasteiger partial charge >= 0.3 is 0 Å². The van der Waals surface area contributed by atoms with Crippen molar-refractivity contribution < 1.29 is 9.53 Å². The number of rotatable bonds is 6. The fourth-order valence-electron chi connectivity index (χ4n) is 3.91. The average Bonchev–Trinajstić information content (AvgIpc) is 2.82. The number of nitrogens with one attached hydrogen (secondary N) is 1. The molecule has 0 bridgehead atoms. The lowest BCUT2D eigenvalue weighted by Gasteiger charge is -2.31. The molecule has 0 unspecified atom stereocenters. The van der Waals surface area contributed by atoms with Crippen LogP contribution in [0.4, 0.5) is 0 Å². The van der Waals surface area contributed by atoms with Crippen molar-refractivity contribution in [2.24, 2.45) is 0 Å².